The summed E-state index contributed by atoms with van der Waals surface area (Å²) in [6, 6.07) is 2.56. The lowest BCUT2D eigenvalue weighted by Crippen LogP contribution is -2.56. The van der Waals surface area contributed by atoms with Gasteiger partial charge in [0.25, 0.3) is 0 Å². The van der Waals surface area contributed by atoms with Gasteiger partial charge in [-0.2, -0.15) is 5.26 Å². The van der Waals surface area contributed by atoms with Gasteiger partial charge in [0.15, 0.2) is 9.84 Å². The Balaban J connectivity index is 2.06. The van der Waals surface area contributed by atoms with Gasteiger partial charge in [0, 0.05) is 6.04 Å². The van der Waals surface area contributed by atoms with Gasteiger partial charge in [0.1, 0.15) is 5.54 Å². The minimum absolute atomic E-state index is 0.00694. The molecule has 0 bridgehead atoms. The standard InChI is InChI=1S/C12H20N2O2S/c13-9-12(7-4-8-17(15,16)10-12)14-11-5-2-1-3-6-11/h11,14H,1-8,10H2. The van der Waals surface area contributed by atoms with Gasteiger partial charge in [-0.1, -0.05) is 19.3 Å². The van der Waals surface area contributed by atoms with Crippen molar-refractivity contribution < 1.29 is 8.42 Å². The van der Waals surface area contributed by atoms with Crippen LogP contribution in [0.2, 0.25) is 0 Å². The zero-order chi connectivity index (χ0) is 12.4. The van der Waals surface area contributed by atoms with Crippen LogP contribution in [0, 0.1) is 11.3 Å². The van der Waals surface area contributed by atoms with E-state index in [2.05, 4.69) is 11.4 Å². The highest BCUT2D eigenvalue weighted by Gasteiger charge is 2.40. The first-order valence-electron chi connectivity index (χ1n) is 6.45. The van der Waals surface area contributed by atoms with Crippen molar-refractivity contribution >= 4 is 9.84 Å². The van der Waals surface area contributed by atoms with E-state index in [1.54, 1.807) is 0 Å². The molecule has 0 radical (unpaired) electrons. The average Bonchev–Trinajstić information content (AvgIpc) is 2.29. The number of rotatable bonds is 2. The Morgan fingerprint density at radius 2 is 1.88 bits per heavy atom. The second kappa shape index (κ2) is 4.95. The van der Waals surface area contributed by atoms with E-state index in [0.717, 1.165) is 12.8 Å². The zero-order valence-electron chi connectivity index (χ0n) is 10.1. The smallest absolute Gasteiger partial charge is 0.153 e. The molecule has 1 saturated carbocycles. The Morgan fingerprint density at radius 1 is 1.18 bits per heavy atom. The number of sulfone groups is 1. The summed E-state index contributed by atoms with van der Waals surface area (Å²) in [6.45, 7) is 0. The first-order chi connectivity index (χ1) is 8.05. The molecule has 1 aliphatic carbocycles. The molecule has 1 unspecified atom stereocenters. The van der Waals surface area contributed by atoms with Crippen LogP contribution < -0.4 is 5.32 Å². The third-order valence-electron chi connectivity index (χ3n) is 3.82. The maximum absolute atomic E-state index is 11.7. The van der Waals surface area contributed by atoms with Gasteiger partial charge in [-0.15, -0.1) is 0 Å². The first kappa shape index (κ1) is 12.8. The topological polar surface area (TPSA) is 70.0 Å². The molecule has 0 amide bonds. The minimum atomic E-state index is -3.04. The van der Waals surface area contributed by atoms with Crippen LogP contribution in [0.1, 0.15) is 44.9 Å². The van der Waals surface area contributed by atoms with Crippen molar-refractivity contribution in [3.63, 3.8) is 0 Å². The third-order valence-corrected chi connectivity index (χ3v) is 5.67. The maximum atomic E-state index is 11.7. The van der Waals surface area contributed by atoms with Crippen LogP contribution in [-0.4, -0.2) is 31.5 Å². The van der Waals surface area contributed by atoms with Crippen molar-refractivity contribution in [1.82, 2.24) is 5.32 Å². The molecular formula is C12H20N2O2S. The lowest BCUT2D eigenvalue weighted by atomic mass is 9.90. The Labute approximate surface area is 103 Å². The molecule has 5 heteroatoms. The van der Waals surface area contributed by atoms with E-state index in [1.165, 1.54) is 19.3 Å². The van der Waals surface area contributed by atoms with Crippen LogP contribution in [0.25, 0.3) is 0 Å². The van der Waals surface area contributed by atoms with E-state index in [9.17, 15) is 13.7 Å². The molecule has 1 aliphatic heterocycles. The van der Waals surface area contributed by atoms with E-state index < -0.39 is 15.4 Å². The second-order valence-electron chi connectivity index (χ2n) is 5.37. The van der Waals surface area contributed by atoms with E-state index >= 15 is 0 Å². The van der Waals surface area contributed by atoms with Gasteiger partial charge in [-0.25, -0.2) is 8.42 Å². The monoisotopic (exact) mass is 256 g/mol. The quantitative estimate of drug-likeness (QED) is 0.810. The van der Waals surface area contributed by atoms with Crippen LogP contribution in [0.3, 0.4) is 0 Å². The highest BCUT2D eigenvalue weighted by molar-refractivity contribution is 7.91. The van der Waals surface area contributed by atoms with Crippen LogP contribution in [0.15, 0.2) is 0 Å². The highest BCUT2D eigenvalue weighted by Crippen LogP contribution is 2.26. The minimum Gasteiger partial charge on any atom is -0.296 e. The molecule has 0 aromatic rings. The van der Waals surface area contributed by atoms with E-state index in [4.69, 9.17) is 0 Å². The lowest BCUT2D eigenvalue weighted by Gasteiger charge is -2.36. The Bertz CT molecular complexity index is 407. The van der Waals surface area contributed by atoms with Gasteiger partial charge in [-0.05, 0) is 25.7 Å². The van der Waals surface area contributed by atoms with Gasteiger partial charge >= 0.3 is 0 Å². The van der Waals surface area contributed by atoms with Crippen molar-refractivity contribution in [1.29, 1.82) is 5.26 Å². The largest absolute Gasteiger partial charge is 0.296 e. The molecule has 1 heterocycles. The molecule has 17 heavy (non-hydrogen) atoms. The molecule has 0 aromatic carbocycles. The highest BCUT2D eigenvalue weighted by atomic mass is 32.2. The number of nitriles is 1. The van der Waals surface area contributed by atoms with Crippen molar-refractivity contribution in [3.05, 3.63) is 0 Å². The van der Waals surface area contributed by atoms with Crippen molar-refractivity contribution in [2.45, 2.75) is 56.5 Å². The first-order valence-corrected chi connectivity index (χ1v) is 8.27. The van der Waals surface area contributed by atoms with E-state index in [1.807, 2.05) is 0 Å². The summed E-state index contributed by atoms with van der Waals surface area (Å²) in [4.78, 5) is 0. The fraction of sp³-hybridized carbons (Fsp3) is 0.917. The fourth-order valence-electron chi connectivity index (χ4n) is 2.99. The van der Waals surface area contributed by atoms with Gasteiger partial charge in [-0.3, -0.25) is 5.32 Å². The molecule has 2 aliphatic rings. The summed E-state index contributed by atoms with van der Waals surface area (Å²) in [7, 11) is -3.04. The Morgan fingerprint density at radius 3 is 2.47 bits per heavy atom. The molecular weight excluding hydrogens is 236 g/mol. The maximum Gasteiger partial charge on any atom is 0.153 e. The normalized spacial score (nSPS) is 34.1. The van der Waals surface area contributed by atoms with Crippen molar-refractivity contribution in [2.75, 3.05) is 11.5 Å². The summed E-state index contributed by atoms with van der Waals surface area (Å²) in [5, 5.41) is 12.7. The summed E-state index contributed by atoms with van der Waals surface area (Å²) in [6.07, 6.45) is 7.05. The molecule has 2 rings (SSSR count). The van der Waals surface area contributed by atoms with Crippen molar-refractivity contribution in [2.24, 2.45) is 0 Å². The van der Waals surface area contributed by atoms with E-state index in [0.29, 0.717) is 18.9 Å². The van der Waals surface area contributed by atoms with Gasteiger partial charge in [0.2, 0.25) is 0 Å². The van der Waals surface area contributed by atoms with Crippen LogP contribution in [-0.2, 0) is 9.84 Å². The molecule has 96 valence electrons. The molecule has 0 aromatic heterocycles. The summed E-state index contributed by atoms with van der Waals surface area (Å²) in [5.74, 6) is 0.232. The summed E-state index contributed by atoms with van der Waals surface area (Å²) < 4.78 is 23.4. The van der Waals surface area contributed by atoms with Gasteiger partial charge < -0.3 is 0 Å². The molecule has 2 fully saturated rings. The molecule has 1 N–H and O–H groups in total. The zero-order valence-corrected chi connectivity index (χ0v) is 10.9. The van der Waals surface area contributed by atoms with Crippen LogP contribution >= 0.6 is 0 Å². The van der Waals surface area contributed by atoms with Crippen molar-refractivity contribution in [3.8, 4) is 6.07 Å². The predicted molar refractivity (Wildman–Crippen MR) is 66.2 cm³/mol. The Hall–Kier alpha value is -0.600. The molecule has 1 atom stereocenters. The summed E-state index contributed by atoms with van der Waals surface area (Å²) >= 11 is 0. The molecule has 4 nitrogen and oxygen atoms in total. The third kappa shape index (κ3) is 3.20. The van der Waals surface area contributed by atoms with Gasteiger partial charge in [0.05, 0.1) is 17.6 Å². The fourth-order valence-corrected chi connectivity index (χ4v) is 4.76. The number of hydrogen-bond donors (Lipinski definition) is 1. The number of nitrogens with zero attached hydrogens (tertiary/aromatic N) is 1. The number of nitrogens with one attached hydrogen (secondary N) is 1. The molecule has 1 saturated heterocycles. The lowest BCUT2D eigenvalue weighted by molar-refractivity contribution is 0.292. The SMILES string of the molecule is N#CC1(NC2CCCCC2)CCCS(=O)(=O)C1. The molecule has 0 spiro atoms. The van der Waals surface area contributed by atoms with Crippen LogP contribution in [0.4, 0.5) is 0 Å². The number of hydrogen-bond acceptors (Lipinski definition) is 4. The predicted octanol–water partition coefficient (Wildman–Crippen LogP) is 1.38. The van der Waals surface area contributed by atoms with E-state index in [-0.39, 0.29) is 11.5 Å². The second-order valence-corrected chi connectivity index (χ2v) is 7.55. The van der Waals surface area contributed by atoms with Crippen LogP contribution in [0.5, 0.6) is 0 Å². The summed E-state index contributed by atoms with van der Waals surface area (Å²) in [5.41, 5.74) is -0.820. The Kier molecular flexibility index (Phi) is 3.74. The average molecular weight is 256 g/mol.